The molecule has 0 spiro atoms. The lowest BCUT2D eigenvalue weighted by Gasteiger charge is -2.20. The van der Waals surface area contributed by atoms with E-state index < -0.39 is 0 Å². The minimum absolute atomic E-state index is 0.744. The Hall–Kier alpha value is -1.39. The monoisotopic (exact) mass is 276 g/mol. The lowest BCUT2D eigenvalue weighted by atomic mass is 10.2. The first-order chi connectivity index (χ1) is 8.65. The molecule has 1 N–H and O–H groups in total. The van der Waals surface area contributed by atoms with Crippen LogP contribution >= 0.6 is 23.6 Å². The van der Waals surface area contributed by atoms with Crippen LogP contribution in [0.5, 0.6) is 0 Å². The quantitative estimate of drug-likeness (QED) is 0.856. The third-order valence-electron chi connectivity index (χ3n) is 2.59. The zero-order valence-electron chi connectivity index (χ0n) is 10.5. The Morgan fingerprint density at radius 3 is 2.83 bits per heavy atom. The smallest absolute Gasteiger partial charge is 0.173 e. The highest BCUT2D eigenvalue weighted by molar-refractivity contribution is 7.80. The second-order valence-electron chi connectivity index (χ2n) is 4.24. The van der Waals surface area contributed by atoms with Crippen LogP contribution in [0.3, 0.4) is 0 Å². The number of nitrogens with zero attached hydrogens (tertiary/aromatic N) is 1. The van der Waals surface area contributed by atoms with Crippen molar-refractivity contribution in [3.05, 3.63) is 52.2 Å². The number of nitrogens with one attached hydrogen (secondary N) is 1. The highest BCUT2D eigenvalue weighted by atomic mass is 32.1. The summed E-state index contributed by atoms with van der Waals surface area (Å²) >= 11 is 7.14. The molecule has 0 aliphatic carbocycles. The van der Waals surface area contributed by atoms with Gasteiger partial charge in [-0.2, -0.15) is 0 Å². The summed E-state index contributed by atoms with van der Waals surface area (Å²) in [4.78, 5) is 3.36. The van der Waals surface area contributed by atoms with E-state index >= 15 is 0 Å². The highest BCUT2D eigenvalue weighted by Gasteiger charge is 2.06. The summed E-state index contributed by atoms with van der Waals surface area (Å²) in [5.41, 5.74) is 2.27. The molecule has 0 saturated heterocycles. The van der Waals surface area contributed by atoms with E-state index in [-0.39, 0.29) is 0 Å². The summed E-state index contributed by atoms with van der Waals surface area (Å²) in [7, 11) is 2.00. The van der Waals surface area contributed by atoms with Gasteiger partial charge in [-0.3, -0.25) is 0 Å². The summed E-state index contributed by atoms with van der Waals surface area (Å²) < 4.78 is 0. The topological polar surface area (TPSA) is 15.3 Å². The molecule has 2 rings (SSSR count). The van der Waals surface area contributed by atoms with Gasteiger partial charge in [0.05, 0.1) is 6.54 Å². The molecule has 4 heteroatoms. The van der Waals surface area contributed by atoms with Gasteiger partial charge >= 0.3 is 0 Å². The molecule has 0 aliphatic heterocycles. The first-order valence-electron chi connectivity index (χ1n) is 5.76. The number of hydrogen-bond acceptors (Lipinski definition) is 2. The van der Waals surface area contributed by atoms with Crippen molar-refractivity contribution in [3.63, 3.8) is 0 Å². The van der Waals surface area contributed by atoms with Gasteiger partial charge in [0, 0.05) is 17.6 Å². The Morgan fingerprint density at radius 2 is 2.17 bits per heavy atom. The Labute approximate surface area is 117 Å². The van der Waals surface area contributed by atoms with Gasteiger partial charge in [-0.25, -0.2) is 0 Å². The number of rotatable bonds is 3. The minimum atomic E-state index is 0.744. The van der Waals surface area contributed by atoms with Crippen LogP contribution in [-0.4, -0.2) is 17.1 Å². The molecule has 0 radical (unpaired) electrons. The lowest BCUT2D eigenvalue weighted by Crippen LogP contribution is -2.30. The van der Waals surface area contributed by atoms with E-state index in [0.717, 1.165) is 17.3 Å². The van der Waals surface area contributed by atoms with Gasteiger partial charge in [-0.1, -0.05) is 18.2 Å². The summed E-state index contributed by atoms with van der Waals surface area (Å²) in [6.07, 6.45) is 0. The van der Waals surface area contributed by atoms with Crippen molar-refractivity contribution in [2.45, 2.75) is 13.5 Å². The molecule has 1 aromatic carbocycles. The molecule has 0 saturated carbocycles. The predicted molar refractivity (Wildman–Crippen MR) is 83.2 cm³/mol. The second kappa shape index (κ2) is 5.98. The first kappa shape index (κ1) is 13.1. The Balaban J connectivity index is 1.95. The fourth-order valence-corrected chi connectivity index (χ4v) is 2.59. The Kier molecular flexibility index (Phi) is 4.33. The van der Waals surface area contributed by atoms with Crippen molar-refractivity contribution in [1.82, 2.24) is 4.90 Å². The number of hydrogen-bond donors (Lipinski definition) is 1. The van der Waals surface area contributed by atoms with Crippen molar-refractivity contribution >= 4 is 34.4 Å². The average Bonchev–Trinajstić information content (AvgIpc) is 2.81. The van der Waals surface area contributed by atoms with Crippen LogP contribution < -0.4 is 5.32 Å². The number of thiophene rings is 1. The molecule has 0 atom stereocenters. The summed E-state index contributed by atoms with van der Waals surface area (Å²) in [6, 6.07) is 12.4. The molecule has 1 aromatic heterocycles. The number of thiocarbonyl (C=S) groups is 1. The highest BCUT2D eigenvalue weighted by Crippen LogP contribution is 2.13. The van der Waals surface area contributed by atoms with Crippen LogP contribution in [-0.2, 0) is 6.54 Å². The van der Waals surface area contributed by atoms with Crippen molar-refractivity contribution in [1.29, 1.82) is 0 Å². The zero-order valence-corrected chi connectivity index (χ0v) is 12.1. The average molecular weight is 276 g/mol. The second-order valence-corrected chi connectivity index (χ2v) is 5.65. The number of aryl methyl sites for hydroxylation is 1. The molecule has 0 aliphatic rings. The van der Waals surface area contributed by atoms with Gasteiger partial charge in [0.1, 0.15) is 0 Å². The Bertz CT molecular complexity index is 520. The SMILES string of the molecule is Cc1cccc(NC(=S)N(C)Cc2cccs2)c1. The normalized spacial score (nSPS) is 10.1. The standard InChI is InChI=1S/C14H16N2S2/c1-11-5-3-6-12(9-11)15-14(17)16(2)10-13-7-4-8-18-13/h3-9H,10H2,1-2H3,(H,15,17). The molecule has 94 valence electrons. The van der Waals surface area contributed by atoms with Gasteiger partial charge in [-0.05, 0) is 48.3 Å². The molecule has 2 aromatic rings. The number of benzene rings is 1. The van der Waals surface area contributed by atoms with Gasteiger partial charge in [0.25, 0.3) is 0 Å². The van der Waals surface area contributed by atoms with E-state index in [4.69, 9.17) is 12.2 Å². The van der Waals surface area contributed by atoms with Crippen LogP contribution in [0.15, 0.2) is 41.8 Å². The lowest BCUT2D eigenvalue weighted by molar-refractivity contribution is 0.514. The Morgan fingerprint density at radius 1 is 1.33 bits per heavy atom. The molecular weight excluding hydrogens is 260 g/mol. The van der Waals surface area contributed by atoms with Crippen LogP contribution in [0.25, 0.3) is 0 Å². The van der Waals surface area contributed by atoms with Crippen LogP contribution in [0.4, 0.5) is 5.69 Å². The largest absolute Gasteiger partial charge is 0.347 e. The molecule has 0 bridgehead atoms. The van der Waals surface area contributed by atoms with Crippen LogP contribution in [0, 0.1) is 6.92 Å². The fourth-order valence-electron chi connectivity index (χ4n) is 1.65. The molecule has 0 unspecified atom stereocenters. The van der Waals surface area contributed by atoms with Crippen molar-refractivity contribution < 1.29 is 0 Å². The van der Waals surface area contributed by atoms with E-state index in [1.807, 2.05) is 24.1 Å². The fraction of sp³-hybridized carbons (Fsp3) is 0.214. The van der Waals surface area contributed by atoms with Crippen LogP contribution in [0.2, 0.25) is 0 Å². The van der Waals surface area contributed by atoms with Crippen molar-refractivity contribution in [2.24, 2.45) is 0 Å². The maximum absolute atomic E-state index is 5.39. The van der Waals surface area contributed by atoms with Gasteiger partial charge in [0.15, 0.2) is 5.11 Å². The van der Waals surface area contributed by atoms with Gasteiger partial charge in [-0.15, -0.1) is 11.3 Å². The predicted octanol–water partition coefficient (Wildman–Crippen LogP) is 3.89. The summed E-state index contributed by atoms with van der Waals surface area (Å²) in [5, 5.41) is 6.08. The van der Waals surface area contributed by atoms with E-state index in [2.05, 4.69) is 41.9 Å². The van der Waals surface area contributed by atoms with Gasteiger partial charge in [0.2, 0.25) is 0 Å². The number of anilines is 1. The van der Waals surface area contributed by atoms with Crippen molar-refractivity contribution in [3.8, 4) is 0 Å². The molecule has 2 nitrogen and oxygen atoms in total. The van der Waals surface area contributed by atoms with Gasteiger partial charge < -0.3 is 10.2 Å². The van der Waals surface area contributed by atoms with E-state index in [9.17, 15) is 0 Å². The summed E-state index contributed by atoms with van der Waals surface area (Å²) in [6.45, 7) is 2.92. The van der Waals surface area contributed by atoms with E-state index in [1.165, 1.54) is 10.4 Å². The summed E-state index contributed by atoms with van der Waals surface area (Å²) in [5.74, 6) is 0. The molecule has 18 heavy (non-hydrogen) atoms. The maximum atomic E-state index is 5.39. The molecule has 0 fully saturated rings. The van der Waals surface area contributed by atoms with E-state index in [1.54, 1.807) is 11.3 Å². The van der Waals surface area contributed by atoms with Crippen LogP contribution in [0.1, 0.15) is 10.4 Å². The van der Waals surface area contributed by atoms with Crippen molar-refractivity contribution in [2.75, 3.05) is 12.4 Å². The minimum Gasteiger partial charge on any atom is -0.347 e. The first-order valence-corrected chi connectivity index (χ1v) is 7.05. The zero-order chi connectivity index (χ0) is 13.0. The third-order valence-corrected chi connectivity index (χ3v) is 3.86. The molecule has 1 heterocycles. The molecule has 0 amide bonds. The van der Waals surface area contributed by atoms with E-state index in [0.29, 0.717) is 0 Å². The maximum Gasteiger partial charge on any atom is 0.173 e. The molecular formula is C14H16N2S2. The third kappa shape index (κ3) is 3.55.